The molecule has 0 N–H and O–H groups in total. The van der Waals surface area contributed by atoms with E-state index in [4.69, 9.17) is 0 Å². The number of allylic oxidation sites excluding steroid dienone is 1. The van der Waals surface area contributed by atoms with Crippen molar-refractivity contribution in [2.45, 2.75) is 20.8 Å². The summed E-state index contributed by atoms with van der Waals surface area (Å²) < 4.78 is 0. The summed E-state index contributed by atoms with van der Waals surface area (Å²) in [6.45, 7) is 6.24. The van der Waals surface area contributed by atoms with Crippen molar-refractivity contribution in [1.82, 2.24) is 4.98 Å². The molecular weight excluding hydrogens is 214 g/mol. The molecule has 0 unspecified atom stereocenters. The second kappa shape index (κ2) is 4.62. The number of hydrogen-bond acceptors (Lipinski definition) is 2. The summed E-state index contributed by atoms with van der Waals surface area (Å²) in [5, 5.41) is 0. The second-order valence-corrected chi connectivity index (χ2v) is 5.12. The highest BCUT2D eigenvalue weighted by Gasteiger charge is 2.03. The molecule has 2 heteroatoms. The zero-order valence-corrected chi connectivity index (χ0v) is 10.6. The summed E-state index contributed by atoms with van der Waals surface area (Å²) in [7, 11) is 0. The van der Waals surface area contributed by atoms with Gasteiger partial charge >= 0.3 is 0 Å². The van der Waals surface area contributed by atoms with Gasteiger partial charge in [-0.2, -0.15) is 0 Å². The lowest BCUT2D eigenvalue weighted by molar-refractivity contribution is 1.24. The second-order valence-electron chi connectivity index (χ2n) is 3.84. The highest BCUT2D eigenvalue weighted by atomic mass is 32.1. The number of pyridine rings is 1. The first kappa shape index (κ1) is 11.1. The number of hydrogen-bond donors (Lipinski definition) is 0. The molecule has 0 aliphatic heterocycles. The van der Waals surface area contributed by atoms with Gasteiger partial charge in [0.1, 0.15) is 0 Å². The summed E-state index contributed by atoms with van der Waals surface area (Å²) in [5.41, 5.74) is 3.49. The third-order valence-corrected chi connectivity index (χ3v) is 3.52. The molecule has 0 fully saturated rings. The van der Waals surface area contributed by atoms with E-state index in [1.807, 2.05) is 36.6 Å². The van der Waals surface area contributed by atoms with Crippen molar-refractivity contribution < 1.29 is 0 Å². The minimum absolute atomic E-state index is 1.06. The summed E-state index contributed by atoms with van der Waals surface area (Å²) in [4.78, 5) is 7.10. The van der Waals surface area contributed by atoms with E-state index < -0.39 is 0 Å². The first-order chi connectivity index (χ1) is 7.70. The van der Waals surface area contributed by atoms with Crippen LogP contribution in [0.1, 0.15) is 23.1 Å². The standard InChI is InChI=1S/C14H15NS/c1-4-5-13-10(2)8-12(9-15-13)14-7-6-11(3)16-14/h4-9H,1-3H3/b5-4-. The van der Waals surface area contributed by atoms with Gasteiger partial charge in [-0.1, -0.05) is 6.08 Å². The fourth-order valence-electron chi connectivity index (χ4n) is 1.64. The predicted octanol–water partition coefficient (Wildman–Crippen LogP) is 4.46. The normalized spacial score (nSPS) is 11.2. The van der Waals surface area contributed by atoms with Gasteiger partial charge in [-0.25, -0.2) is 0 Å². The van der Waals surface area contributed by atoms with Crippen molar-refractivity contribution >= 4 is 17.4 Å². The summed E-state index contributed by atoms with van der Waals surface area (Å²) in [6.07, 6.45) is 6.01. The van der Waals surface area contributed by atoms with Gasteiger partial charge in [0.25, 0.3) is 0 Å². The van der Waals surface area contributed by atoms with Crippen LogP contribution in [0.2, 0.25) is 0 Å². The van der Waals surface area contributed by atoms with Crippen LogP contribution in [0.25, 0.3) is 16.5 Å². The third-order valence-electron chi connectivity index (χ3n) is 2.47. The maximum atomic E-state index is 4.47. The molecule has 82 valence electrons. The lowest BCUT2D eigenvalue weighted by Crippen LogP contribution is -1.87. The van der Waals surface area contributed by atoms with Crippen molar-refractivity contribution in [3.8, 4) is 10.4 Å². The first-order valence-electron chi connectivity index (χ1n) is 5.37. The zero-order valence-electron chi connectivity index (χ0n) is 9.82. The van der Waals surface area contributed by atoms with Crippen LogP contribution in [-0.4, -0.2) is 4.98 Å². The Balaban J connectivity index is 2.41. The van der Waals surface area contributed by atoms with Crippen LogP contribution in [0.15, 0.2) is 30.5 Å². The van der Waals surface area contributed by atoms with Gasteiger partial charge < -0.3 is 0 Å². The molecule has 2 aromatic rings. The first-order valence-corrected chi connectivity index (χ1v) is 6.18. The van der Waals surface area contributed by atoms with Crippen molar-refractivity contribution in [2.75, 3.05) is 0 Å². The molecule has 0 spiro atoms. The maximum absolute atomic E-state index is 4.47. The number of rotatable bonds is 2. The smallest absolute Gasteiger partial charge is 0.0655 e. The molecule has 0 bridgehead atoms. The van der Waals surface area contributed by atoms with Gasteiger partial charge in [-0.15, -0.1) is 11.3 Å². The van der Waals surface area contributed by atoms with E-state index >= 15 is 0 Å². The molecule has 2 heterocycles. The Morgan fingerprint density at radius 1 is 1.25 bits per heavy atom. The minimum atomic E-state index is 1.06. The summed E-state index contributed by atoms with van der Waals surface area (Å²) in [6, 6.07) is 6.51. The van der Waals surface area contributed by atoms with Crippen molar-refractivity contribution in [3.05, 3.63) is 46.6 Å². The van der Waals surface area contributed by atoms with E-state index in [-0.39, 0.29) is 0 Å². The van der Waals surface area contributed by atoms with Gasteiger partial charge in [0.2, 0.25) is 0 Å². The molecule has 2 aromatic heterocycles. The molecule has 0 aliphatic carbocycles. The number of thiophene rings is 1. The van der Waals surface area contributed by atoms with Crippen LogP contribution in [0.4, 0.5) is 0 Å². The number of nitrogens with zero attached hydrogens (tertiary/aromatic N) is 1. The van der Waals surface area contributed by atoms with E-state index in [0.717, 1.165) is 5.69 Å². The molecule has 0 saturated carbocycles. The minimum Gasteiger partial charge on any atom is -0.256 e. The van der Waals surface area contributed by atoms with E-state index in [1.165, 1.54) is 20.9 Å². The van der Waals surface area contributed by atoms with E-state index in [0.29, 0.717) is 0 Å². The van der Waals surface area contributed by atoms with Crippen LogP contribution in [0, 0.1) is 13.8 Å². The fraction of sp³-hybridized carbons (Fsp3) is 0.214. The topological polar surface area (TPSA) is 12.9 Å². The molecule has 0 saturated heterocycles. The van der Waals surface area contributed by atoms with E-state index in [2.05, 4.69) is 37.0 Å². The third kappa shape index (κ3) is 2.22. The Labute approximate surface area is 100 Å². The molecule has 0 aromatic carbocycles. The van der Waals surface area contributed by atoms with Crippen molar-refractivity contribution in [3.63, 3.8) is 0 Å². The highest BCUT2D eigenvalue weighted by molar-refractivity contribution is 7.15. The van der Waals surface area contributed by atoms with Gasteiger partial charge in [0, 0.05) is 21.5 Å². The molecular formula is C14H15NS. The van der Waals surface area contributed by atoms with Crippen LogP contribution >= 0.6 is 11.3 Å². The van der Waals surface area contributed by atoms with Gasteiger partial charge in [-0.3, -0.25) is 4.98 Å². The Bertz CT molecular complexity index is 523. The zero-order chi connectivity index (χ0) is 11.5. The molecule has 0 amide bonds. The molecule has 16 heavy (non-hydrogen) atoms. The quantitative estimate of drug-likeness (QED) is 0.741. The van der Waals surface area contributed by atoms with Gasteiger partial charge in [-0.05, 0) is 50.6 Å². The highest BCUT2D eigenvalue weighted by Crippen LogP contribution is 2.28. The van der Waals surface area contributed by atoms with Crippen molar-refractivity contribution in [2.24, 2.45) is 0 Å². The number of aromatic nitrogens is 1. The lowest BCUT2D eigenvalue weighted by Gasteiger charge is -2.02. The van der Waals surface area contributed by atoms with E-state index in [9.17, 15) is 0 Å². The Hall–Kier alpha value is -1.41. The largest absolute Gasteiger partial charge is 0.256 e. The van der Waals surface area contributed by atoms with Crippen LogP contribution in [0.5, 0.6) is 0 Å². The molecule has 1 nitrogen and oxygen atoms in total. The number of aryl methyl sites for hydroxylation is 2. The van der Waals surface area contributed by atoms with Crippen LogP contribution in [-0.2, 0) is 0 Å². The molecule has 0 aliphatic rings. The van der Waals surface area contributed by atoms with E-state index in [1.54, 1.807) is 0 Å². The summed E-state index contributed by atoms with van der Waals surface area (Å²) >= 11 is 1.81. The predicted molar refractivity (Wildman–Crippen MR) is 71.7 cm³/mol. The molecule has 0 atom stereocenters. The van der Waals surface area contributed by atoms with Crippen molar-refractivity contribution in [1.29, 1.82) is 0 Å². The SMILES string of the molecule is C/C=C\c1ncc(-c2ccc(C)s2)cc1C. The van der Waals surface area contributed by atoms with Crippen LogP contribution < -0.4 is 0 Å². The Morgan fingerprint density at radius 2 is 2.06 bits per heavy atom. The average molecular weight is 229 g/mol. The molecule has 0 radical (unpaired) electrons. The van der Waals surface area contributed by atoms with Gasteiger partial charge in [0.15, 0.2) is 0 Å². The van der Waals surface area contributed by atoms with Gasteiger partial charge in [0.05, 0.1) is 5.69 Å². The van der Waals surface area contributed by atoms with Crippen LogP contribution in [0.3, 0.4) is 0 Å². The lowest BCUT2D eigenvalue weighted by atomic mass is 10.1. The monoisotopic (exact) mass is 229 g/mol. The Kier molecular flexibility index (Phi) is 3.20. The fourth-order valence-corrected chi connectivity index (χ4v) is 2.49. The summed E-state index contributed by atoms with van der Waals surface area (Å²) in [5.74, 6) is 0. The average Bonchev–Trinajstić information content (AvgIpc) is 2.68. The Morgan fingerprint density at radius 3 is 2.62 bits per heavy atom. The maximum Gasteiger partial charge on any atom is 0.0655 e. The molecule has 2 rings (SSSR count).